The molecule has 13 nitrogen and oxygen atoms in total. The van der Waals surface area contributed by atoms with E-state index >= 15 is 0 Å². The van der Waals surface area contributed by atoms with Crippen molar-refractivity contribution < 1.29 is 33.3 Å². The summed E-state index contributed by atoms with van der Waals surface area (Å²) in [5.41, 5.74) is 10.9. The highest BCUT2D eigenvalue weighted by molar-refractivity contribution is 5.95. The van der Waals surface area contributed by atoms with E-state index < -0.39 is 29.4 Å². The van der Waals surface area contributed by atoms with E-state index in [-0.39, 0.29) is 49.1 Å². The lowest BCUT2D eigenvalue weighted by molar-refractivity contribution is -0.156. The molecule has 342 valence electrons. The topological polar surface area (TPSA) is 136 Å². The Balaban J connectivity index is 1.15. The van der Waals surface area contributed by atoms with Gasteiger partial charge in [0.25, 0.3) is 5.91 Å². The fraction of sp³-hybridized carbons (Fsp3) is 0.529. The second kappa shape index (κ2) is 19.7. The summed E-state index contributed by atoms with van der Waals surface area (Å²) < 4.78 is 26.5. The molecule has 4 aliphatic rings. The highest BCUT2D eigenvalue weighted by Crippen LogP contribution is 2.42. The third-order valence-corrected chi connectivity index (χ3v) is 13.7. The Morgan fingerprint density at radius 2 is 1.91 bits per heavy atom. The van der Waals surface area contributed by atoms with Crippen molar-refractivity contribution in [1.82, 2.24) is 30.2 Å². The number of carbonyl (C=O) groups excluding carboxylic acids is 3. The number of hydrogen-bond acceptors (Lipinski definition) is 10. The van der Waals surface area contributed by atoms with Gasteiger partial charge in [0.2, 0.25) is 5.91 Å². The number of methoxy groups -OCH3 is 1. The van der Waals surface area contributed by atoms with Crippen molar-refractivity contribution in [3.63, 3.8) is 0 Å². The molecule has 5 heterocycles. The maximum atomic E-state index is 14.7. The number of likely N-dealkylation sites (tertiary alicyclic amines) is 1. The minimum Gasteiger partial charge on any atom is -0.464 e. The molecule has 13 heteroatoms. The summed E-state index contributed by atoms with van der Waals surface area (Å²) in [5.74, 6) is -1.18. The van der Waals surface area contributed by atoms with Crippen molar-refractivity contribution in [2.24, 2.45) is 17.3 Å². The average Bonchev–Trinajstić information content (AvgIpc) is 3.81. The predicted molar refractivity (Wildman–Crippen MR) is 247 cm³/mol. The normalized spacial score (nSPS) is 24.8. The zero-order valence-electron chi connectivity index (χ0n) is 38.4. The number of aryl methyl sites for hydroxylation is 1. The van der Waals surface area contributed by atoms with Gasteiger partial charge < -0.3 is 28.8 Å². The summed E-state index contributed by atoms with van der Waals surface area (Å²) in [7, 11) is 1.71. The fourth-order valence-electron chi connectivity index (χ4n) is 10.2. The van der Waals surface area contributed by atoms with Gasteiger partial charge in [0.15, 0.2) is 0 Å². The molecule has 2 N–H and O–H groups in total. The van der Waals surface area contributed by atoms with Gasteiger partial charge in [0.1, 0.15) is 12.1 Å². The van der Waals surface area contributed by atoms with Crippen LogP contribution in [0.15, 0.2) is 73.4 Å². The number of nitrogens with one attached hydrogen (secondary N) is 2. The van der Waals surface area contributed by atoms with Crippen molar-refractivity contribution in [2.45, 2.75) is 110 Å². The number of fused-ring (bicyclic) bond motifs is 6. The molecule has 3 fully saturated rings. The maximum absolute atomic E-state index is 14.7. The van der Waals surface area contributed by atoms with Crippen LogP contribution in [0.25, 0.3) is 33.3 Å². The molecule has 8 rings (SSSR count). The third kappa shape index (κ3) is 9.69. The monoisotopic (exact) mass is 874 g/mol. The Labute approximate surface area is 377 Å². The molecule has 2 amide bonds. The largest absolute Gasteiger partial charge is 0.464 e. The number of hydrazine groups is 1. The van der Waals surface area contributed by atoms with Crippen molar-refractivity contribution in [2.75, 3.05) is 46.7 Å². The van der Waals surface area contributed by atoms with Gasteiger partial charge in [-0.25, -0.2) is 5.43 Å². The smallest absolute Gasteiger partial charge is 0.324 e. The molecular formula is C51H66N6O7. The van der Waals surface area contributed by atoms with Crippen LogP contribution in [0.1, 0.15) is 83.2 Å². The molecule has 1 saturated carbocycles. The molecule has 6 bridgehead atoms. The first-order valence-electron chi connectivity index (χ1n) is 23.2. The average molecular weight is 875 g/mol. The number of aromatic nitrogens is 2. The van der Waals surface area contributed by atoms with Gasteiger partial charge >= 0.3 is 5.97 Å². The van der Waals surface area contributed by atoms with Gasteiger partial charge in [-0.1, -0.05) is 57.2 Å². The van der Waals surface area contributed by atoms with Gasteiger partial charge in [0.05, 0.1) is 55.6 Å². The minimum absolute atomic E-state index is 0.0212. The number of benzene rings is 2. The number of hydrogen-bond donors (Lipinski definition) is 2. The van der Waals surface area contributed by atoms with Crippen LogP contribution in [0.3, 0.4) is 0 Å². The fourth-order valence-corrected chi connectivity index (χ4v) is 10.2. The molecule has 1 aliphatic carbocycles. The summed E-state index contributed by atoms with van der Waals surface area (Å²) in [6, 6.07) is 17.4. The second-order valence-corrected chi connectivity index (χ2v) is 19.0. The van der Waals surface area contributed by atoms with Gasteiger partial charge in [0, 0.05) is 67.8 Å². The Kier molecular flexibility index (Phi) is 14.0. The number of ether oxygens (including phenoxy) is 4. The van der Waals surface area contributed by atoms with Crippen LogP contribution < -0.4 is 10.7 Å². The Bertz CT molecular complexity index is 2340. The van der Waals surface area contributed by atoms with Crippen LogP contribution >= 0.6 is 0 Å². The van der Waals surface area contributed by atoms with Gasteiger partial charge in [-0.3, -0.25) is 29.3 Å². The first-order chi connectivity index (χ1) is 30.9. The van der Waals surface area contributed by atoms with Gasteiger partial charge in [-0.15, -0.1) is 6.58 Å². The predicted octanol–water partition coefficient (Wildman–Crippen LogP) is 7.02. The van der Waals surface area contributed by atoms with Crippen LogP contribution in [-0.4, -0.2) is 108 Å². The lowest BCUT2D eigenvalue weighted by Crippen LogP contribution is -2.61. The molecule has 3 aliphatic heterocycles. The van der Waals surface area contributed by atoms with E-state index in [4.69, 9.17) is 23.9 Å². The summed E-state index contributed by atoms with van der Waals surface area (Å²) in [6.45, 7) is 18.1. The lowest BCUT2D eigenvalue weighted by atomic mass is 9.84. The Morgan fingerprint density at radius 1 is 1.09 bits per heavy atom. The van der Waals surface area contributed by atoms with E-state index in [0.29, 0.717) is 39.1 Å². The number of cyclic esters (lactones) is 1. The van der Waals surface area contributed by atoms with Crippen LogP contribution in [0.4, 0.5) is 0 Å². The standard InChI is InChI=1S/C51H66N6O7/c1-8-23-62-31-55-28-37(29-55)64-44-20-17-32(3)45(44)48(58)53-42-25-34-13-10-14-35(24-34)36-18-19-43-39(26-36)40(47(56(43)9-2)38-15-11-21-52-46(38)33(4)61-7)27-51(5,6)30-63-50(60)41-16-12-22-57(54-41)49(42)59/h8,10-11,13-15,18-19,21,24,26,32-33,37,41-42,44-45,54H,1,9,12,16-17,20,22-23,25,27-31H2,2-7H3,(H,53,58)/t32-,33-,41-,42-,44+,45+/m0/s1. The number of carbonyl (C=O) groups is 3. The van der Waals surface area contributed by atoms with Crippen molar-refractivity contribution in [3.05, 3.63) is 90.3 Å². The van der Waals surface area contributed by atoms with E-state index in [9.17, 15) is 14.4 Å². The van der Waals surface area contributed by atoms with Gasteiger partial charge in [-0.05, 0) is 98.4 Å². The molecule has 64 heavy (non-hydrogen) atoms. The highest BCUT2D eigenvalue weighted by atomic mass is 16.5. The molecule has 0 spiro atoms. The number of rotatable bonds is 12. The van der Waals surface area contributed by atoms with Crippen molar-refractivity contribution in [1.29, 1.82) is 0 Å². The first kappa shape index (κ1) is 45.6. The molecule has 2 saturated heterocycles. The van der Waals surface area contributed by atoms with Crippen molar-refractivity contribution in [3.8, 4) is 22.4 Å². The van der Waals surface area contributed by atoms with Crippen LogP contribution in [0.5, 0.6) is 0 Å². The molecular weight excluding hydrogens is 809 g/mol. The van der Waals surface area contributed by atoms with E-state index in [2.05, 4.69) is 90.9 Å². The summed E-state index contributed by atoms with van der Waals surface area (Å²) in [5, 5.41) is 5.86. The summed E-state index contributed by atoms with van der Waals surface area (Å²) in [6.07, 6.45) is 6.76. The molecule has 2 aromatic heterocycles. The Hall–Kier alpha value is -4.92. The number of nitrogens with zero attached hydrogens (tertiary/aromatic N) is 4. The zero-order chi connectivity index (χ0) is 45.1. The number of amides is 2. The van der Waals surface area contributed by atoms with Crippen LogP contribution in [0.2, 0.25) is 0 Å². The third-order valence-electron chi connectivity index (χ3n) is 13.7. The van der Waals surface area contributed by atoms with E-state index in [0.717, 1.165) is 82.6 Å². The minimum atomic E-state index is -0.893. The number of pyridine rings is 1. The lowest BCUT2D eigenvalue weighted by Gasteiger charge is -2.40. The second-order valence-electron chi connectivity index (χ2n) is 19.0. The van der Waals surface area contributed by atoms with E-state index in [1.54, 1.807) is 13.2 Å². The van der Waals surface area contributed by atoms with Gasteiger partial charge in [-0.2, -0.15) is 0 Å². The van der Waals surface area contributed by atoms with Crippen LogP contribution in [0, 0.1) is 17.3 Å². The Morgan fingerprint density at radius 3 is 2.69 bits per heavy atom. The molecule has 0 unspecified atom stereocenters. The SMILES string of the molecule is C=CCOCN1CC(O[C@@H]2CC[C@H](C)[C@H]2C(=O)N[C@H]2Cc3cccc(c3)-c3ccc4c(c3)c(c(-c3cccnc3[C@H](C)OC)n4CC)CC(C)(C)COC(=O)[C@@H]3CCCN(N3)C2=O)C1. The van der Waals surface area contributed by atoms with Crippen LogP contribution in [-0.2, 0) is 52.7 Å². The zero-order valence-corrected chi connectivity index (χ0v) is 38.4. The molecule has 6 atom stereocenters. The van der Waals surface area contributed by atoms with E-state index in [1.165, 1.54) is 5.01 Å². The summed E-state index contributed by atoms with van der Waals surface area (Å²) in [4.78, 5) is 50.1. The maximum Gasteiger partial charge on any atom is 0.324 e. The molecule has 2 aromatic carbocycles. The quantitative estimate of drug-likeness (QED) is 0.0869. The highest BCUT2D eigenvalue weighted by Gasteiger charge is 2.44. The molecule has 0 radical (unpaired) electrons. The summed E-state index contributed by atoms with van der Waals surface area (Å²) >= 11 is 0. The first-order valence-corrected chi connectivity index (χ1v) is 23.2. The van der Waals surface area contributed by atoms with E-state index in [1.807, 2.05) is 31.3 Å². The molecule has 4 aromatic rings. The number of esters is 1. The van der Waals surface area contributed by atoms with Crippen molar-refractivity contribution >= 4 is 28.7 Å².